The predicted octanol–water partition coefficient (Wildman–Crippen LogP) is 3.64. The van der Waals surface area contributed by atoms with Crippen molar-refractivity contribution in [1.82, 2.24) is 14.9 Å². The summed E-state index contributed by atoms with van der Waals surface area (Å²) < 4.78 is 6.59. The Kier molecular flexibility index (Phi) is 5.49. The van der Waals surface area contributed by atoms with Crippen molar-refractivity contribution in [2.45, 2.75) is 24.4 Å². The third-order valence-corrected chi connectivity index (χ3v) is 6.56. The van der Waals surface area contributed by atoms with Crippen LogP contribution in [0.2, 0.25) is 0 Å². The third kappa shape index (κ3) is 3.79. The Morgan fingerprint density at radius 2 is 1.87 bits per heavy atom. The molecular formula is C23H25N5O2S. The SMILES string of the molecule is COc1ccc(-c2nnc(SCC(=O)/C=C3/N(C)c4ccccc4C3(C)C)n2N)cc1. The number of hydrogen-bond acceptors (Lipinski definition) is 7. The third-order valence-electron chi connectivity index (χ3n) is 5.59. The number of nitrogens with zero attached hydrogens (tertiary/aromatic N) is 4. The molecule has 160 valence electrons. The van der Waals surface area contributed by atoms with Gasteiger partial charge < -0.3 is 15.5 Å². The first kappa shape index (κ1) is 21.0. The fourth-order valence-corrected chi connectivity index (χ4v) is 4.58. The topological polar surface area (TPSA) is 86.3 Å². The van der Waals surface area contributed by atoms with Crippen molar-refractivity contribution in [1.29, 1.82) is 0 Å². The summed E-state index contributed by atoms with van der Waals surface area (Å²) in [5, 5.41) is 8.81. The molecule has 7 nitrogen and oxygen atoms in total. The van der Waals surface area contributed by atoms with E-state index in [0.717, 1.165) is 22.7 Å². The summed E-state index contributed by atoms with van der Waals surface area (Å²) in [6.45, 7) is 4.28. The zero-order valence-electron chi connectivity index (χ0n) is 18.0. The van der Waals surface area contributed by atoms with Gasteiger partial charge in [0.2, 0.25) is 5.16 Å². The molecule has 0 amide bonds. The molecule has 1 aliphatic rings. The van der Waals surface area contributed by atoms with Crippen LogP contribution in [0.5, 0.6) is 5.75 Å². The van der Waals surface area contributed by atoms with Gasteiger partial charge in [0.05, 0.1) is 12.9 Å². The van der Waals surface area contributed by atoms with Crippen LogP contribution in [0.15, 0.2) is 65.5 Å². The minimum atomic E-state index is -0.235. The number of hydrogen-bond donors (Lipinski definition) is 1. The number of ketones is 1. The normalized spacial score (nSPS) is 15.9. The van der Waals surface area contributed by atoms with Crippen LogP contribution in [-0.2, 0) is 10.2 Å². The Bertz CT molecular complexity index is 1150. The second-order valence-electron chi connectivity index (χ2n) is 7.89. The number of para-hydroxylation sites is 1. The number of carbonyl (C=O) groups excluding carboxylic acids is 1. The molecule has 2 N–H and O–H groups in total. The molecule has 0 unspecified atom stereocenters. The number of ether oxygens (including phenoxy) is 1. The second kappa shape index (κ2) is 8.11. The number of benzene rings is 2. The maximum atomic E-state index is 12.8. The van der Waals surface area contributed by atoms with Gasteiger partial charge in [0.25, 0.3) is 0 Å². The number of methoxy groups -OCH3 is 1. The maximum absolute atomic E-state index is 12.8. The van der Waals surface area contributed by atoms with Gasteiger partial charge in [0, 0.05) is 35.5 Å². The van der Waals surface area contributed by atoms with Gasteiger partial charge in [0.1, 0.15) is 5.75 Å². The van der Waals surface area contributed by atoms with Crippen LogP contribution in [0.25, 0.3) is 11.4 Å². The van der Waals surface area contributed by atoms with Crippen molar-refractivity contribution in [2.75, 3.05) is 30.7 Å². The van der Waals surface area contributed by atoms with Crippen molar-refractivity contribution in [3.05, 3.63) is 65.9 Å². The number of fused-ring (bicyclic) bond motifs is 1. The zero-order valence-corrected chi connectivity index (χ0v) is 18.8. The molecule has 0 saturated heterocycles. The van der Waals surface area contributed by atoms with E-state index in [1.807, 2.05) is 43.4 Å². The summed E-state index contributed by atoms with van der Waals surface area (Å²) in [4.78, 5) is 14.9. The van der Waals surface area contributed by atoms with E-state index in [1.54, 1.807) is 13.2 Å². The van der Waals surface area contributed by atoms with Crippen molar-refractivity contribution in [3.63, 3.8) is 0 Å². The first-order valence-corrected chi connectivity index (χ1v) is 10.9. The number of likely N-dealkylation sites (N-methyl/N-ethyl adjacent to an activating group) is 1. The van der Waals surface area contributed by atoms with Gasteiger partial charge in [-0.25, -0.2) is 4.68 Å². The molecule has 0 saturated carbocycles. The van der Waals surface area contributed by atoms with Crippen LogP contribution in [0.3, 0.4) is 0 Å². The molecule has 0 bridgehead atoms. The molecule has 4 rings (SSSR count). The van der Waals surface area contributed by atoms with E-state index >= 15 is 0 Å². The highest BCUT2D eigenvalue weighted by atomic mass is 32.2. The van der Waals surface area contributed by atoms with Gasteiger partial charge in [-0.05, 0) is 35.9 Å². The summed E-state index contributed by atoms with van der Waals surface area (Å²) >= 11 is 1.27. The number of rotatable bonds is 6. The van der Waals surface area contributed by atoms with E-state index in [4.69, 9.17) is 10.6 Å². The lowest BCUT2D eigenvalue weighted by Gasteiger charge is -2.23. The van der Waals surface area contributed by atoms with E-state index in [9.17, 15) is 4.79 Å². The molecule has 0 radical (unpaired) electrons. The molecule has 0 aliphatic carbocycles. The quantitative estimate of drug-likeness (QED) is 0.359. The van der Waals surface area contributed by atoms with Crippen LogP contribution in [-0.4, -0.2) is 40.6 Å². The van der Waals surface area contributed by atoms with Gasteiger partial charge >= 0.3 is 0 Å². The molecule has 1 aliphatic heterocycles. The lowest BCUT2D eigenvalue weighted by molar-refractivity contribution is -0.112. The number of nitrogens with two attached hydrogens (primary N) is 1. The van der Waals surface area contributed by atoms with E-state index in [1.165, 1.54) is 22.0 Å². The summed E-state index contributed by atoms with van der Waals surface area (Å²) in [6, 6.07) is 15.6. The standard InChI is InChI=1S/C23H25N5O2S/c1-23(2)18-7-5-6-8-19(18)27(3)20(23)13-16(29)14-31-22-26-25-21(28(22)24)15-9-11-17(30-4)12-10-15/h5-13H,14,24H2,1-4H3/b20-13+. The first-order chi connectivity index (χ1) is 14.8. The van der Waals surface area contributed by atoms with E-state index in [0.29, 0.717) is 11.0 Å². The molecule has 31 heavy (non-hydrogen) atoms. The molecule has 2 heterocycles. The summed E-state index contributed by atoms with van der Waals surface area (Å²) in [5.74, 6) is 7.69. The Balaban J connectivity index is 1.48. The lowest BCUT2D eigenvalue weighted by atomic mass is 9.83. The number of thioether (sulfide) groups is 1. The minimum Gasteiger partial charge on any atom is -0.497 e. The molecule has 3 aromatic rings. The van der Waals surface area contributed by atoms with Crippen LogP contribution < -0.4 is 15.5 Å². The average molecular weight is 436 g/mol. The van der Waals surface area contributed by atoms with Gasteiger partial charge in [-0.3, -0.25) is 4.79 Å². The van der Waals surface area contributed by atoms with Crippen LogP contribution in [0.1, 0.15) is 19.4 Å². The maximum Gasteiger partial charge on any atom is 0.210 e. The van der Waals surface area contributed by atoms with Crippen LogP contribution in [0.4, 0.5) is 5.69 Å². The fourth-order valence-electron chi connectivity index (χ4n) is 3.90. The summed E-state index contributed by atoms with van der Waals surface area (Å²) in [6.07, 6.45) is 1.73. The highest BCUT2D eigenvalue weighted by molar-refractivity contribution is 7.99. The monoisotopic (exact) mass is 435 g/mol. The molecule has 0 fully saturated rings. The highest BCUT2D eigenvalue weighted by Crippen LogP contribution is 2.46. The van der Waals surface area contributed by atoms with E-state index in [2.05, 4.69) is 41.1 Å². The predicted molar refractivity (Wildman–Crippen MR) is 124 cm³/mol. The highest BCUT2D eigenvalue weighted by Gasteiger charge is 2.38. The second-order valence-corrected chi connectivity index (χ2v) is 8.83. The van der Waals surface area contributed by atoms with E-state index < -0.39 is 0 Å². The Morgan fingerprint density at radius 1 is 1.16 bits per heavy atom. The molecular weight excluding hydrogens is 410 g/mol. The zero-order chi connectivity index (χ0) is 22.2. The Hall–Kier alpha value is -3.26. The first-order valence-electron chi connectivity index (χ1n) is 9.89. The van der Waals surface area contributed by atoms with Gasteiger partial charge in [-0.2, -0.15) is 0 Å². The van der Waals surface area contributed by atoms with Gasteiger partial charge in [0.15, 0.2) is 11.6 Å². The fraction of sp³-hybridized carbons (Fsp3) is 0.261. The lowest BCUT2D eigenvalue weighted by Crippen LogP contribution is -2.24. The number of anilines is 1. The van der Waals surface area contributed by atoms with Crippen molar-refractivity contribution >= 4 is 23.2 Å². The number of allylic oxidation sites excluding steroid dienone is 2. The molecule has 8 heteroatoms. The Labute approximate surface area is 185 Å². The summed E-state index contributed by atoms with van der Waals surface area (Å²) in [7, 11) is 3.61. The van der Waals surface area contributed by atoms with Crippen LogP contribution in [0, 0.1) is 0 Å². The molecule has 1 aromatic heterocycles. The number of carbonyl (C=O) groups is 1. The smallest absolute Gasteiger partial charge is 0.210 e. The van der Waals surface area contributed by atoms with Crippen molar-refractivity contribution in [2.24, 2.45) is 0 Å². The Morgan fingerprint density at radius 3 is 2.55 bits per heavy atom. The molecule has 2 aromatic carbocycles. The summed E-state index contributed by atoms with van der Waals surface area (Å²) in [5.41, 5.74) is 3.91. The van der Waals surface area contributed by atoms with Gasteiger partial charge in [-0.15, -0.1) is 10.2 Å². The van der Waals surface area contributed by atoms with Gasteiger partial charge in [-0.1, -0.05) is 43.8 Å². The van der Waals surface area contributed by atoms with Crippen LogP contribution >= 0.6 is 11.8 Å². The van der Waals surface area contributed by atoms with Crippen molar-refractivity contribution < 1.29 is 9.53 Å². The minimum absolute atomic E-state index is 0.00160. The number of nitrogen functional groups attached to an aromatic ring is 1. The number of aromatic nitrogens is 3. The van der Waals surface area contributed by atoms with E-state index in [-0.39, 0.29) is 17.0 Å². The van der Waals surface area contributed by atoms with Crippen molar-refractivity contribution in [3.8, 4) is 17.1 Å². The molecule has 0 spiro atoms. The molecule has 0 atom stereocenters. The average Bonchev–Trinajstić information content (AvgIpc) is 3.23. The largest absolute Gasteiger partial charge is 0.497 e.